The van der Waals surface area contributed by atoms with Crippen LogP contribution in [0.4, 0.5) is 0 Å². The minimum absolute atomic E-state index is 0.105. The second-order valence-electron chi connectivity index (χ2n) is 13.2. The van der Waals surface area contributed by atoms with Gasteiger partial charge in [-0.05, 0) is 80.1 Å². The van der Waals surface area contributed by atoms with Crippen molar-refractivity contribution in [3.8, 4) is 57.3 Å². The highest BCUT2D eigenvalue weighted by Gasteiger charge is 2.41. The number of ketones is 1. The summed E-state index contributed by atoms with van der Waals surface area (Å²) in [5, 5.41) is 85.3. The summed E-state index contributed by atoms with van der Waals surface area (Å²) >= 11 is 0. The van der Waals surface area contributed by atoms with Crippen LogP contribution in [0.2, 0.25) is 0 Å². The van der Waals surface area contributed by atoms with Gasteiger partial charge in [-0.1, -0.05) is 30.7 Å². The zero-order valence-electron chi connectivity index (χ0n) is 27.9. The fourth-order valence-corrected chi connectivity index (χ4v) is 6.84. The molecule has 5 aromatic rings. The first-order valence-electron chi connectivity index (χ1n) is 16.2. The number of phenols is 7. The Morgan fingerprint density at radius 1 is 0.804 bits per heavy atom. The lowest BCUT2D eigenvalue weighted by Crippen LogP contribution is -2.29. The summed E-state index contributed by atoms with van der Waals surface area (Å²) in [6.45, 7) is 5.60. The molecule has 0 saturated heterocycles. The number of hydrogen-bond donors (Lipinski definition) is 8. The SMILES string of the molecule is CC(C)=CCc1c(O)ccc(C(=O)C2C(c3cc(-c4oc5cc(O)cc(O)c5c(=O)c4O)ccc3O)=CC(C)CC2c2ccc(O)cc2O)c1O. The fourth-order valence-electron chi connectivity index (χ4n) is 6.84. The molecule has 8 N–H and O–H groups in total. The van der Waals surface area contributed by atoms with E-state index < -0.39 is 40.3 Å². The number of carbonyl (C=O) groups excluding carboxylic acids is 1. The number of fused-ring (bicyclic) bond motifs is 1. The number of hydrogen-bond acceptors (Lipinski definition) is 11. The van der Waals surface area contributed by atoms with E-state index in [0.717, 1.165) is 23.8 Å². The van der Waals surface area contributed by atoms with Crippen molar-refractivity contribution in [1.82, 2.24) is 0 Å². The first kappa shape index (κ1) is 34.5. The first-order chi connectivity index (χ1) is 24.2. The van der Waals surface area contributed by atoms with Gasteiger partial charge in [-0.25, -0.2) is 0 Å². The Bertz CT molecular complexity index is 2340. The lowest BCUT2D eigenvalue weighted by Gasteiger charge is -2.36. The Kier molecular flexibility index (Phi) is 8.90. The molecular formula is C40H36O11. The fraction of sp³-hybridized carbons (Fsp3) is 0.200. The highest BCUT2D eigenvalue weighted by Crippen LogP contribution is 2.51. The summed E-state index contributed by atoms with van der Waals surface area (Å²) in [4.78, 5) is 27.9. The molecular weight excluding hydrogens is 656 g/mol. The van der Waals surface area contributed by atoms with E-state index in [2.05, 4.69) is 0 Å². The Labute approximate surface area is 291 Å². The Morgan fingerprint density at radius 3 is 2.22 bits per heavy atom. The van der Waals surface area contributed by atoms with Gasteiger partial charge in [0.25, 0.3) is 0 Å². The van der Waals surface area contributed by atoms with E-state index in [9.17, 15) is 50.4 Å². The standard InChI is InChI=1S/C40H36O11/c1-18(2)4-7-24-29(43)11-9-25(36(24)47)37(48)34-27(23-8-6-21(41)15-31(23)45)12-19(3)13-28(34)26-14-20(5-10-30(26)44)40-39(50)38(49)35-32(46)16-22(42)17-33(35)51-40/h4-6,8-11,13-17,19,27,34,41-47,50H,7,12H2,1-3H3. The van der Waals surface area contributed by atoms with Gasteiger partial charge in [0, 0.05) is 40.8 Å². The lowest BCUT2D eigenvalue weighted by atomic mass is 9.67. The monoisotopic (exact) mass is 692 g/mol. The Morgan fingerprint density at radius 2 is 1.51 bits per heavy atom. The zero-order chi connectivity index (χ0) is 36.9. The molecule has 3 atom stereocenters. The topological polar surface area (TPSA) is 209 Å². The molecule has 4 aromatic carbocycles. The van der Waals surface area contributed by atoms with Crippen molar-refractivity contribution in [2.75, 3.05) is 0 Å². The van der Waals surface area contributed by atoms with Crippen LogP contribution in [-0.4, -0.2) is 46.6 Å². The van der Waals surface area contributed by atoms with Gasteiger partial charge in [-0.15, -0.1) is 0 Å². The van der Waals surface area contributed by atoms with Crippen LogP contribution < -0.4 is 5.43 Å². The van der Waals surface area contributed by atoms with Gasteiger partial charge in [0.1, 0.15) is 51.2 Å². The summed E-state index contributed by atoms with van der Waals surface area (Å²) in [5.41, 5.74) is 0.637. The molecule has 0 amide bonds. The number of rotatable bonds is 7. The van der Waals surface area contributed by atoms with E-state index >= 15 is 0 Å². The normalized spacial score (nSPS) is 17.2. The van der Waals surface area contributed by atoms with Crippen molar-refractivity contribution < 1.29 is 50.1 Å². The third kappa shape index (κ3) is 6.29. The molecule has 262 valence electrons. The van der Waals surface area contributed by atoms with Gasteiger partial charge >= 0.3 is 0 Å². The summed E-state index contributed by atoms with van der Waals surface area (Å²) in [6.07, 6.45) is 4.06. The minimum atomic E-state index is -1.16. The van der Waals surface area contributed by atoms with Crippen molar-refractivity contribution in [3.05, 3.63) is 111 Å². The van der Waals surface area contributed by atoms with Crippen molar-refractivity contribution in [1.29, 1.82) is 0 Å². The number of benzene rings is 4. The van der Waals surface area contributed by atoms with Crippen molar-refractivity contribution in [3.63, 3.8) is 0 Å². The number of aromatic hydroxyl groups is 8. The summed E-state index contributed by atoms with van der Waals surface area (Å²) in [7, 11) is 0. The third-order valence-electron chi connectivity index (χ3n) is 9.27. The average Bonchev–Trinajstić information content (AvgIpc) is 3.05. The predicted octanol–water partition coefficient (Wildman–Crippen LogP) is 7.32. The Balaban J connectivity index is 1.57. The molecule has 1 aliphatic rings. The quantitative estimate of drug-likeness (QED) is 0.0626. The molecule has 0 aliphatic heterocycles. The predicted molar refractivity (Wildman–Crippen MR) is 190 cm³/mol. The summed E-state index contributed by atoms with van der Waals surface area (Å²) in [6, 6.07) is 12.8. The van der Waals surface area contributed by atoms with Gasteiger partial charge in [-0.3, -0.25) is 9.59 Å². The molecule has 1 heterocycles. The second kappa shape index (κ2) is 13.2. The van der Waals surface area contributed by atoms with Crippen molar-refractivity contribution in [2.45, 2.75) is 39.5 Å². The van der Waals surface area contributed by atoms with Crippen LogP contribution in [0, 0.1) is 11.8 Å². The van der Waals surface area contributed by atoms with E-state index in [1.54, 1.807) is 12.2 Å². The largest absolute Gasteiger partial charge is 0.508 e. The first-order valence-corrected chi connectivity index (χ1v) is 16.2. The minimum Gasteiger partial charge on any atom is -0.508 e. The molecule has 51 heavy (non-hydrogen) atoms. The van der Waals surface area contributed by atoms with Crippen LogP contribution in [0.3, 0.4) is 0 Å². The average molecular weight is 693 g/mol. The molecule has 0 bridgehead atoms. The van der Waals surface area contributed by atoms with Crippen LogP contribution in [0.5, 0.6) is 46.0 Å². The molecule has 11 heteroatoms. The van der Waals surface area contributed by atoms with Crippen molar-refractivity contribution in [2.24, 2.45) is 11.8 Å². The van der Waals surface area contributed by atoms with E-state index in [4.69, 9.17) is 4.42 Å². The van der Waals surface area contributed by atoms with Crippen LogP contribution in [0.15, 0.2) is 87.6 Å². The highest BCUT2D eigenvalue weighted by molar-refractivity contribution is 6.08. The third-order valence-corrected chi connectivity index (χ3v) is 9.27. The van der Waals surface area contributed by atoms with Crippen LogP contribution in [0.1, 0.15) is 60.2 Å². The van der Waals surface area contributed by atoms with E-state index in [0.29, 0.717) is 17.6 Å². The summed E-state index contributed by atoms with van der Waals surface area (Å²) in [5.74, 6) is -6.24. The lowest BCUT2D eigenvalue weighted by molar-refractivity contribution is 0.0924. The van der Waals surface area contributed by atoms with Gasteiger partial charge in [0.15, 0.2) is 11.5 Å². The number of allylic oxidation sites excluding steroid dienone is 4. The van der Waals surface area contributed by atoms with E-state index in [-0.39, 0.29) is 80.1 Å². The van der Waals surface area contributed by atoms with E-state index in [1.165, 1.54) is 42.5 Å². The molecule has 3 unspecified atom stereocenters. The summed E-state index contributed by atoms with van der Waals surface area (Å²) < 4.78 is 5.81. The molecule has 11 nitrogen and oxygen atoms in total. The highest BCUT2D eigenvalue weighted by atomic mass is 16.4. The van der Waals surface area contributed by atoms with E-state index in [1.807, 2.05) is 20.8 Å². The molecule has 0 radical (unpaired) electrons. The number of carbonyl (C=O) groups is 1. The van der Waals surface area contributed by atoms with Gasteiger partial charge in [0.2, 0.25) is 11.2 Å². The van der Waals surface area contributed by atoms with Crippen LogP contribution in [-0.2, 0) is 6.42 Å². The molecule has 0 spiro atoms. The van der Waals surface area contributed by atoms with Gasteiger partial charge < -0.3 is 45.3 Å². The maximum atomic E-state index is 14.8. The molecule has 1 aromatic heterocycles. The molecule has 6 rings (SSSR count). The smallest absolute Gasteiger partial charge is 0.238 e. The number of phenolic OH excluding ortho intramolecular Hbond substituents is 7. The molecule has 0 saturated carbocycles. The zero-order valence-corrected chi connectivity index (χ0v) is 27.9. The van der Waals surface area contributed by atoms with Gasteiger partial charge in [0.05, 0.1) is 11.5 Å². The number of Topliss-reactive ketones (excluding diaryl/α,β-unsaturated/α-hetero) is 1. The second-order valence-corrected chi connectivity index (χ2v) is 13.2. The van der Waals surface area contributed by atoms with Crippen LogP contribution in [0.25, 0.3) is 27.9 Å². The van der Waals surface area contributed by atoms with Crippen molar-refractivity contribution >= 4 is 22.3 Å². The Hall–Kier alpha value is -6.36. The maximum Gasteiger partial charge on any atom is 0.238 e. The van der Waals surface area contributed by atoms with Crippen LogP contribution >= 0.6 is 0 Å². The van der Waals surface area contributed by atoms with Gasteiger partial charge in [-0.2, -0.15) is 0 Å². The molecule has 0 fully saturated rings. The maximum absolute atomic E-state index is 14.8. The molecule has 1 aliphatic carbocycles.